The lowest BCUT2D eigenvalue weighted by Crippen LogP contribution is -2.39. The molecule has 0 radical (unpaired) electrons. The number of aryl methyl sites for hydroxylation is 1. The summed E-state index contributed by atoms with van der Waals surface area (Å²) in [6.45, 7) is 4.75. The van der Waals surface area contributed by atoms with Crippen LogP contribution in [-0.2, 0) is 0 Å². The van der Waals surface area contributed by atoms with Crippen molar-refractivity contribution >= 4 is 35.0 Å². The van der Waals surface area contributed by atoms with Gasteiger partial charge in [-0.25, -0.2) is 9.78 Å². The van der Waals surface area contributed by atoms with Crippen LogP contribution in [0.2, 0.25) is 5.02 Å². The maximum atomic E-state index is 12.7. The summed E-state index contributed by atoms with van der Waals surface area (Å²) < 4.78 is 0. The van der Waals surface area contributed by atoms with Crippen molar-refractivity contribution < 1.29 is 14.7 Å². The molecular formula is C21H24ClN3O3. The van der Waals surface area contributed by atoms with Gasteiger partial charge in [-0.1, -0.05) is 18.5 Å². The first-order valence-electron chi connectivity index (χ1n) is 9.48. The molecule has 0 saturated carbocycles. The van der Waals surface area contributed by atoms with Gasteiger partial charge in [0.1, 0.15) is 11.5 Å². The Morgan fingerprint density at radius 3 is 2.75 bits per heavy atom. The summed E-state index contributed by atoms with van der Waals surface area (Å²) in [6, 6.07) is 8.43. The van der Waals surface area contributed by atoms with Crippen LogP contribution in [0.1, 0.15) is 59.0 Å². The van der Waals surface area contributed by atoms with Crippen LogP contribution in [0.3, 0.4) is 0 Å². The zero-order valence-electron chi connectivity index (χ0n) is 16.0. The molecular weight excluding hydrogens is 378 g/mol. The van der Waals surface area contributed by atoms with E-state index in [-0.39, 0.29) is 17.2 Å². The fraction of sp³-hybridized carbons (Fsp3) is 0.381. The highest BCUT2D eigenvalue weighted by Crippen LogP contribution is 2.28. The van der Waals surface area contributed by atoms with Crippen molar-refractivity contribution in [2.45, 2.75) is 45.6 Å². The van der Waals surface area contributed by atoms with Gasteiger partial charge in [-0.2, -0.15) is 0 Å². The molecule has 2 N–H and O–H groups in total. The summed E-state index contributed by atoms with van der Waals surface area (Å²) in [7, 11) is 0. The lowest BCUT2D eigenvalue weighted by atomic mass is 10.00. The average molecular weight is 402 g/mol. The molecule has 0 spiro atoms. The van der Waals surface area contributed by atoms with E-state index in [0.717, 1.165) is 31.6 Å². The molecule has 3 rings (SSSR count). The van der Waals surface area contributed by atoms with Gasteiger partial charge in [-0.3, -0.25) is 4.79 Å². The van der Waals surface area contributed by atoms with E-state index in [1.165, 1.54) is 12.5 Å². The van der Waals surface area contributed by atoms with Crippen LogP contribution in [-0.4, -0.2) is 34.6 Å². The number of anilines is 2. The van der Waals surface area contributed by atoms with Crippen molar-refractivity contribution in [3.63, 3.8) is 0 Å². The Kier molecular flexibility index (Phi) is 6.19. The Labute approximate surface area is 169 Å². The molecule has 1 aromatic heterocycles. The predicted molar refractivity (Wildman–Crippen MR) is 111 cm³/mol. The summed E-state index contributed by atoms with van der Waals surface area (Å²) in [6.07, 6.45) is 4.43. The van der Waals surface area contributed by atoms with Crippen LogP contribution in [0.25, 0.3) is 0 Å². The molecule has 2 aromatic rings. The number of halogens is 1. The number of aromatic nitrogens is 1. The van der Waals surface area contributed by atoms with Crippen molar-refractivity contribution in [1.82, 2.24) is 4.98 Å². The highest BCUT2D eigenvalue weighted by atomic mass is 35.5. The zero-order valence-corrected chi connectivity index (χ0v) is 16.8. The maximum absolute atomic E-state index is 12.7. The molecule has 1 aliphatic rings. The number of carbonyl (C=O) groups is 2. The first-order valence-corrected chi connectivity index (χ1v) is 9.86. The molecule has 0 bridgehead atoms. The highest BCUT2D eigenvalue weighted by molar-refractivity contribution is 6.31. The van der Waals surface area contributed by atoms with Gasteiger partial charge in [-0.05, 0) is 68.5 Å². The minimum absolute atomic E-state index is 0.205. The summed E-state index contributed by atoms with van der Waals surface area (Å²) in [5, 5.41) is 12.4. The minimum Gasteiger partial charge on any atom is -0.478 e. The third-order valence-corrected chi connectivity index (χ3v) is 5.33. The number of piperidine rings is 1. The largest absolute Gasteiger partial charge is 0.478 e. The van der Waals surface area contributed by atoms with Gasteiger partial charge >= 0.3 is 5.97 Å². The number of pyridine rings is 1. The second-order valence-electron chi connectivity index (χ2n) is 7.07. The second-order valence-corrected chi connectivity index (χ2v) is 7.51. The number of carboxylic acids is 1. The van der Waals surface area contributed by atoms with E-state index >= 15 is 0 Å². The molecule has 1 fully saturated rings. The predicted octanol–water partition coefficient (Wildman–Crippen LogP) is 4.76. The van der Waals surface area contributed by atoms with Crippen LogP contribution in [0, 0.1) is 6.92 Å². The number of nitrogens with zero attached hydrogens (tertiary/aromatic N) is 2. The third-order valence-electron chi connectivity index (χ3n) is 5.12. The van der Waals surface area contributed by atoms with E-state index < -0.39 is 5.97 Å². The molecule has 0 aliphatic carbocycles. The number of amides is 1. The van der Waals surface area contributed by atoms with E-state index in [2.05, 4.69) is 22.1 Å². The molecule has 1 atom stereocenters. The summed E-state index contributed by atoms with van der Waals surface area (Å²) in [5.41, 5.74) is 1.53. The quantitative estimate of drug-likeness (QED) is 0.754. The van der Waals surface area contributed by atoms with Crippen molar-refractivity contribution in [3.8, 4) is 0 Å². The topological polar surface area (TPSA) is 82.5 Å². The molecule has 7 heteroatoms. The highest BCUT2D eigenvalue weighted by Gasteiger charge is 2.23. The Balaban J connectivity index is 1.83. The van der Waals surface area contributed by atoms with Crippen molar-refractivity contribution in [2.24, 2.45) is 0 Å². The van der Waals surface area contributed by atoms with Crippen molar-refractivity contribution in [2.75, 3.05) is 16.8 Å². The molecule has 0 unspecified atom stereocenters. The zero-order chi connectivity index (χ0) is 20.3. The minimum atomic E-state index is -0.997. The molecule has 1 saturated heterocycles. The lowest BCUT2D eigenvalue weighted by Gasteiger charge is -2.36. The van der Waals surface area contributed by atoms with E-state index in [0.29, 0.717) is 22.3 Å². The molecule has 148 valence electrons. The van der Waals surface area contributed by atoms with Gasteiger partial charge in [0.05, 0.1) is 5.56 Å². The smallest absolute Gasteiger partial charge is 0.335 e. The lowest BCUT2D eigenvalue weighted by molar-refractivity contribution is 0.0696. The van der Waals surface area contributed by atoms with Crippen molar-refractivity contribution in [3.05, 3.63) is 52.2 Å². The van der Waals surface area contributed by atoms with Gasteiger partial charge in [0.2, 0.25) is 0 Å². The Morgan fingerprint density at radius 2 is 2.07 bits per heavy atom. The van der Waals surface area contributed by atoms with Crippen LogP contribution in [0.4, 0.5) is 11.5 Å². The fourth-order valence-electron chi connectivity index (χ4n) is 3.65. The Bertz CT molecular complexity index is 900. The first-order chi connectivity index (χ1) is 13.4. The van der Waals surface area contributed by atoms with E-state index in [1.807, 2.05) is 0 Å². The number of hydrogen-bond donors (Lipinski definition) is 2. The monoisotopic (exact) mass is 401 g/mol. The summed E-state index contributed by atoms with van der Waals surface area (Å²) in [5.74, 6) is -0.651. The maximum Gasteiger partial charge on any atom is 0.335 e. The molecule has 1 aromatic carbocycles. The van der Waals surface area contributed by atoms with Gasteiger partial charge in [0.15, 0.2) is 0 Å². The number of hydrogen-bond acceptors (Lipinski definition) is 4. The van der Waals surface area contributed by atoms with E-state index in [1.54, 1.807) is 31.2 Å². The first kappa shape index (κ1) is 20.1. The van der Waals surface area contributed by atoms with Gasteiger partial charge < -0.3 is 15.3 Å². The molecule has 1 amide bonds. The molecule has 1 aliphatic heterocycles. The average Bonchev–Trinajstić information content (AvgIpc) is 2.67. The summed E-state index contributed by atoms with van der Waals surface area (Å²) >= 11 is 6.28. The van der Waals surface area contributed by atoms with Gasteiger partial charge in [-0.15, -0.1) is 0 Å². The van der Waals surface area contributed by atoms with E-state index in [9.17, 15) is 9.59 Å². The molecule has 2 heterocycles. The standard InChI is InChI=1S/C21H24ClN3O3/c1-3-16-6-4-5-9-25(16)19-12-14(22)11-18(24-19)20(26)23-15-7-8-17(21(27)28)13(2)10-15/h7-8,10-12,16H,3-6,9H2,1-2H3,(H,23,26)(H,27,28)/t16-/m1/s1. The van der Waals surface area contributed by atoms with Crippen molar-refractivity contribution in [1.29, 1.82) is 0 Å². The number of nitrogens with one attached hydrogen (secondary N) is 1. The second kappa shape index (κ2) is 8.61. The normalized spacial score (nSPS) is 16.7. The van der Waals surface area contributed by atoms with Crippen LogP contribution in [0.15, 0.2) is 30.3 Å². The van der Waals surface area contributed by atoms with Gasteiger partial charge in [0, 0.05) is 23.3 Å². The SMILES string of the molecule is CC[C@@H]1CCCCN1c1cc(Cl)cc(C(=O)Nc2ccc(C(=O)O)c(C)c2)n1. The number of benzene rings is 1. The van der Waals surface area contributed by atoms with E-state index in [4.69, 9.17) is 16.7 Å². The fourth-order valence-corrected chi connectivity index (χ4v) is 3.85. The van der Waals surface area contributed by atoms with Crippen LogP contribution >= 0.6 is 11.6 Å². The Hall–Kier alpha value is -2.60. The number of carbonyl (C=O) groups excluding carboxylic acids is 1. The number of carboxylic acid groups (broad SMARTS) is 1. The molecule has 28 heavy (non-hydrogen) atoms. The molecule has 6 nitrogen and oxygen atoms in total. The number of rotatable bonds is 5. The third kappa shape index (κ3) is 4.44. The Morgan fingerprint density at radius 1 is 1.29 bits per heavy atom. The number of aromatic carboxylic acids is 1. The van der Waals surface area contributed by atoms with Gasteiger partial charge in [0.25, 0.3) is 5.91 Å². The van der Waals surface area contributed by atoms with Crippen LogP contribution in [0.5, 0.6) is 0 Å². The van der Waals surface area contributed by atoms with Crippen LogP contribution < -0.4 is 10.2 Å². The summed E-state index contributed by atoms with van der Waals surface area (Å²) in [4.78, 5) is 30.6.